The quantitative estimate of drug-likeness (QED) is 0.704. The number of nitrogens with two attached hydrogens (primary N) is 1. The van der Waals surface area contributed by atoms with E-state index in [-0.39, 0.29) is 28.1 Å². The summed E-state index contributed by atoms with van der Waals surface area (Å²) in [6.07, 6.45) is 0. The first-order valence-corrected chi connectivity index (χ1v) is 7.73. The molecule has 8 heteroatoms. The van der Waals surface area contributed by atoms with Crippen molar-refractivity contribution in [1.29, 1.82) is 0 Å². The standard InChI is InChI=1S/C12H18ClN3O3S/c1-12(2,11(17)15-3)7-16-20(18,19)8-4-5-9(13)10(14)6-8/h4-6,16H,7,14H2,1-3H3,(H,15,17). The average molecular weight is 320 g/mol. The molecular formula is C12H18ClN3O3S. The van der Waals surface area contributed by atoms with Gasteiger partial charge in [0.05, 0.1) is 21.0 Å². The third kappa shape index (κ3) is 3.84. The zero-order valence-corrected chi connectivity index (χ0v) is 13.1. The smallest absolute Gasteiger partial charge is 0.240 e. The van der Waals surface area contributed by atoms with Crippen LogP contribution in [0.25, 0.3) is 0 Å². The predicted octanol–water partition coefficient (Wildman–Crippen LogP) is 0.973. The summed E-state index contributed by atoms with van der Waals surface area (Å²) < 4.78 is 26.6. The van der Waals surface area contributed by atoms with E-state index in [4.69, 9.17) is 17.3 Å². The summed E-state index contributed by atoms with van der Waals surface area (Å²) in [5.74, 6) is -0.254. The van der Waals surface area contributed by atoms with Crippen LogP contribution in [0, 0.1) is 5.41 Å². The molecule has 0 saturated carbocycles. The van der Waals surface area contributed by atoms with Gasteiger partial charge >= 0.3 is 0 Å². The minimum Gasteiger partial charge on any atom is -0.397 e. The minimum atomic E-state index is -3.74. The monoisotopic (exact) mass is 319 g/mol. The third-order valence-electron chi connectivity index (χ3n) is 2.82. The first-order chi connectivity index (χ1) is 9.10. The Morgan fingerprint density at radius 2 is 2.00 bits per heavy atom. The number of benzene rings is 1. The lowest BCUT2D eigenvalue weighted by Crippen LogP contribution is -2.43. The predicted molar refractivity (Wildman–Crippen MR) is 78.9 cm³/mol. The van der Waals surface area contributed by atoms with Crippen LogP contribution < -0.4 is 15.8 Å². The fourth-order valence-electron chi connectivity index (χ4n) is 1.47. The Morgan fingerprint density at radius 1 is 1.40 bits per heavy atom. The van der Waals surface area contributed by atoms with Gasteiger partial charge in [-0.3, -0.25) is 4.79 Å². The van der Waals surface area contributed by atoms with Gasteiger partial charge in [-0.15, -0.1) is 0 Å². The molecule has 0 heterocycles. The molecule has 0 aliphatic carbocycles. The number of hydrogen-bond donors (Lipinski definition) is 3. The van der Waals surface area contributed by atoms with Crippen molar-refractivity contribution in [3.63, 3.8) is 0 Å². The number of rotatable bonds is 5. The molecule has 0 saturated heterocycles. The molecule has 0 spiro atoms. The van der Waals surface area contributed by atoms with Crippen molar-refractivity contribution in [3.05, 3.63) is 23.2 Å². The van der Waals surface area contributed by atoms with Crippen LogP contribution in [0.4, 0.5) is 5.69 Å². The molecule has 1 amide bonds. The molecule has 0 atom stereocenters. The van der Waals surface area contributed by atoms with Crippen LogP contribution in [0.1, 0.15) is 13.8 Å². The summed E-state index contributed by atoms with van der Waals surface area (Å²) in [6.45, 7) is 3.26. The normalized spacial score (nSPS) is 12.2. The van der Waals surface area contributed by atoms with Gasteiger partial charge in [0, 0.05) is 13.6 Å². The minimum absolute atomic E-state index is 0.00658. The van der Waals surface area contributed by atoms with E-state index in [0.717, 1.165) is 0 Å². The van der Waals surface area contributed by atoms with Gasteiger partial charge in [-0.25, -0.2) is 13.1 Å². The van der Waals surface area contributed by atoms with E-state index in [1.807, 2.05) is 0 Å². The Balaban J connectivity index is 2.91. The summed E-state index contributed by atoms with van der Waals surface area (Å²) in [5.41, 5.74) is 4.90. The number of anilines is 1. The number of hydrogen-bond acceptors (Lipinski definition) is 4. The molecule has 0 aromatic heterocycles. The maximum atomic E-state index is 12.1. The highest BCUT2D eigenvalue weighted by Crippen LogP contribution is 2.22. The van der Waals surface area contributed by atoms with E-state index in [1.165, 1.54) is 25.2 Å². The van der Waals surface area contributed by atoms with Gasteiger partial charge in [-0.1, -0.05) is 11.6 Å². The van der Waals surface area contributed by atoms with Crippen molar-refractivity contribution < 1.29 is 13.2 Å². The van der Waals surface area contributed by atoms with Gasteiger partial charge in [0.2, 0.25) is 15.9 Å². The molecule has 1 aromatic carbocycles. The van der Waals surface area contributed by atoms with Crippen LogP contribution in [0.2, 0.25) is 5.02 Å². The second kappa shape index (κ2) is 5.99. The van der Waals surface area contributed by atoms with Crippen LogP contribution in [-0.2, 0) is 14.8 Å². The Morgan fingerprint density at radius 3 is 2.50 bits per heavy atom. The van der Waals surface area contributed by atoms with Crippen molar-refractivity contribution in [3.8, 4) is 0 Å². The molecule has 0 aliphatic heterocycles. The highest BCUT2D eigenvalue weighted by molar-refractivity contribution is 7.89. The van der Waals surface area contributed by atoms with E-state index in [2.05, 4.69) is 10.0 Å². The first-order valence-electron chi connectivity index (χ1n) is 5.87. The molecule has 4 N–H and O–H groups in total. The third-order valence-corrected chi connectivity index (χ3v) is 4.57. The number of sulfonamides is 1. The molecule has 1 aromatic rings. The maximum absolute atomic E-state index is 12.1. The lowest BCUT2D eigenvalue weighted by molar-refractivity contribution is -0.128. The molecule has 20 heavy (non-hydrogen) atoms. The van der Waals surface area contributed by atoms with Crippen molar-refractivity contribution in [1.82, 2.24) is 10.0 Å². The van der Waals surface area contributed by atoms with Crippen LogP contribution >= 0.6 is 11.6 Å². The Kier molecular flexibility index (Phi) is 5.01. The summed E-state index contributed by atoms with van der Waals surface area (Å²) in [7, 11) is -2.24. The number of halogens is 1. The van der Waals surface area contributed by atoms with Crippen LogP contribution in [0.3, 0.4) is 0 Å². The van der Waals surface area contributed by atoms with Crippen LogP contribution in [0.15, 0.2) is 23.1 Å². The van der Waals surface area contributed by atoms with Gasteiger partial charge < -0.3 is 11.1 Å². The Hall–Kier alpha value is -1.31. The van der Waals surface area contributed by atoms with Crippen molar-refractivity contribution >= 4 is 33.2 Å². The van der Waals surface area contributed by atoms with Gasteiger partial charge in [0.15, 0.2) is 0 Å². The van der Waals surface area contributed by atoms with Gasteiger partial charge in [0.25, 0.3) is 0 Å². The highest BCUT2D eigenvalue weighted by atomic mass is 35.5. The Labute approximate surface area is 123 Å². The molecule has 112 valence electrons. The summed E-state index contributed by atoms with van der Waals surface area (Å²) in [6, 6.07) is 4.04. The van der Waals surface area contributed by atoms with Crippen LogP contribution in [-0.4, -0.2) is 27.9 Å². The Bertz CT molecular complexity index is 614. The molecule has 0 fully saturated rings. The molecule has 6 nitrogen and oxygen atoms in total. The number of nitrogens with one attached hydrogen (secondary N) is 2. The summed E-state index contributed by atoms with van der Waals surface area (Å²) in [4.78, 5) is 11.6. The fourth-order valence-corrected chi connectivity index (χ4v) is 2.83. The molecule has 0 radical (unpaired) electrons. The highest BCUT2D eigenvalue weighted by Gasteiger charge is 2.29. The molecule has 1 rings (SSSR count). The van der Waals surface area contributed by atoms with Crippen molar-refractivity contribution in [2.75, 3.05) is 19.3 Å². The molecule has 0 unspecified atom stereocenters. The average Bonchev–Trinajstić information content (AvgIpc) is 2.38. The number of nitrogen functional groups attached to an aromatic ring is 1. The lowest BCUT2D eigenvalue weighted by atomic mass is 9.93. The van der Waals surface area contributed by atoms with E-state index in [9.17, 15) is 13.2 Å². The van der Waals surface area contributed by atoms with Gasteiger partial charge in [0.1, 0.15) is 0 Å². The zero-order valence-electron chi connectivity index (χ0n) is 11.5. The lowest BCUT2D eigenvalue weighted by Gasteiger charge is -2.22. The summed E-state index contributed by atoms with van der Waals surface area (Å²) in [5, 5.41) is 2.77. The van der Waals surface area contributed by atoms with Crippen LogP contribution in [0.5, 0.6) is 0 Å². The van der Waals surface area contributed by atoms with Crippen molar-refractivity contribution in [2.24, 2.45) is 5.41 Å². The second-order valence-corrected chi connectivity index (χ2v) is 7.15. The van der Waals surface area contributed by atoms with E-state index >= 15 is 0 Å². The fraction of sp³-hybridized carbons (Fsp3) is 0.417. The molecular weight excluding hydrogens is 302 g/mol. The second-order valence-electron chi connectivity index (χ2n) is 4.97. The topological polar surface area (TPSA) is 101 Å². The largest absolute Gasteiger partial charge is 0.397 e. The van der Waals surface area contributed by atoms with Gasteiger partial charge in [-0.05, 0) is 32.0 Å². The number of carbonyl (C=O) groups is 1. The first kappa shape index (κ1) is 16.7. The van der Waals surface area contributed by atoms with E-state index in [1.54, 1.807) is 13.8 Å². The number of carbonyl (C=O) groups excluding carboxylic acids is 1. The number of amides is 1. The van der Waals surface area contributed by atoms with Crippen molar-refractivity contribution in [2.45, 2.75) is 18.7 Å². The molecule has 0 bridgehead atoms. The summed E-state index contributed by atoms with van der Waals surface area (Å²) >= 11 is 5.75. The molecule has 0 aliphatic rings. The van der Waals surface area contributed by atoms with E-state index in [0.29, 0.717) is 0 Å². The zero-order chi connectivity index (χ0) is 15.6. The van der Waals surface area contributed by atoms with Gasteiger partial charge in [-0.2, -0.15) is 0 Å². The maximum Gasteiger partial charge on any atom is 0.240 e. The SMILES string of the molecule is CNC(=O)C(C)(C)CNS(=O)(=O)c1ccc(Cl)c(N)c1. The van der Waals surface area contributed by atoms with E-state index < -0.39 is 15.4 Å².